The summed E-state index contributed by atoms with van der Waals surface area (Å²) in [7, 11) is 0. The van der Waals surface area contributed by atoms with Gasteiger partial charge in [0.2, 0.25) is 5.88 Å². The Morgan fingerprint density at radius 1 is 1.21 bits per heavy atom. The minimum absolute atomic E-state index is 0.188. The smallest absolute Gasteiger partial charge is 0.224 e. The predicted molar refractivity (Wildman–Crippen MR) is 67.8 cm³/mol. The van der Waals surface area contributed by atoms with Crippen LogP contribution < -0.4 is 9.47 Å². The van der Waals surface area contributed by atoms with Gasteiger partial charge in [0.1, 0.15) is 17.3 Å². The maximum atomic E-state index is 13.0. The first-order valence-corrected chi connectivity index (χ1v) is 5.89. The van der Waals surface area contributed by atoms with Crippen molar-refractivity contribution >= 4 is 0 Å². The Balaban J connectivity index is 2.16. The summed E-state index contributed by atoms with van der Waals surface area (Å²) in [6.45, 7) is 2.16. The zero-order chi connectivity index (χ0) is 13.7. The number of nitrogens with zero attached hydrogens (tertiary/aromatic N) is 1. The van der Waals surface area contributed by atoms with Crippen molar-refractivity contribution in [2.75, 3.05) is 6.61 Å². The summed E-state index contributed by atoms with van der Waals surface area (Å²) in [6.07, 6.45) is 1.04. The van der Waals surface area contributed by atoms with E-state index in [1.807, 2.05) is 6.92 Å². The van der Waals surface area contributed by atoms with Gasteiger partial charge in [0, 0.05) is 5.56 Å². The van der Waals surface area contributed by atoms with Gasteiger partial charge in [-0.3, -0.25) is 0 Å². The van der Waals surface area contributed by atoms with Crippen molar-refractivity contribution in [3.63, 3.8) is 0 Å². The summed E-state index contributed by atoms with van der Waals surface area (Å²) in [5, 5.41) is 9.13. The van der Waals surface area contributed by atoms with Crippen LogP contribution >= 0.6 is 0 Å². The van der Waals surface area contributed by atoms with Crippen LogP contribution in [0.15, 0.2) is 36.5 Å². The molecule has 1 aromatic heterocycles. The van der Waals surface area contributed by atoms with Crippen molar-refractivity contribution in [3.8, 4) is 17.4 Å². The Kier molecular flexibility index (Phi) is 4.30. The van der Waals surface area contributed by atoms with Gasteiger partial charge in [0.15, 0.2) is 0 Å². The molecule has 0 radical (unpaired) electrons. The molecule has 100 valence electrons. The average Bonchev–Trinajstić information content (AvgIpc) is 2.43. The molecule has 1 aromatic carbocycles. The highest BCUT2D eigenvalue weighted by Crippen LogP contribution is 2.25. The first kappa shape index (κ1) is 13.3. The van der Waals surface area contributed by atoms with Gasteiger partial charge in [-0.2, -0.15) is 0 Å². The van der Waals surface area contributed by atoms with E-state index in [9.17, 15) is 4.39 Å². The molecule has 1 N–H and O–H groups in total. The second-order valence-corrected chi connectivity index (χ2v) is 3.78. The predicted octanol–water partition coefficient (Wildman–Crippen LogP) is 2.90. The molecule has 0 saturated carbocycles. The van der Waals surface area contributed by atoms with E-state index in [-0.39, 0.29) is 12.5 Å². The Morgan fingerprint density at radius 3 is 2.53 bits per heavy atom. The molecule has 0 spiro atoms. The van der Waals surface area contributed by atoms with Crippen LogP contribution in [0, 0.1) is 5.82 Å². The van der Waals surface area contributed by atoms with Crippen LogP contribution in [0.25, 0.3) is 0 Å². The van der Waals surface area contributed by atoms with Crippen molar-refractivity contribution < 1.29 is 19.0 Å². The molecule has 0 fully saturated rings. The zero-order valence-electron chi connectivity index (χ0n) is 10.5. The van der Waals surface area contributed by atoms with E-state index in [4.69, 9.17) is 14.6 Å². The highest BCUT2D eigenvalue weighted by Gasteiger charge is 2.07. The maximum absolute atomic E-state index is 13.0. The maximum Gasteiger partial charge on any atom is 0.224 e. The molecule has 0 amide bonds. The Hall–Kier alpha value is -2.14. The quantitative estimate of drug-likeness (QED) is 0.901. The van der Waals surface area contributed by atoms with E-state index >= 15 is 0 Å². The number of aromatic nitrogens is 1. The lowest BCUT2D eigenvalue weighted by Crippen LogP contribution is -1.96. The van der Waals surface area contributed by atoms with Gasteiger partial charge in [-0.1, -0.05) is 0 Å². The lowest BCUT2D eigenvalue weighted by Gasteiger charge is -2.09. The monoisotopic (exact) mass is 263 g/mol. The second-order valence-electron chi connectivity index (χ2n) is 3.78. The SMILES string of the molecule is CCOc1ccc(Oc2ncc(F)cc2CO)cc1. The van der Waals surface area contributed by atoms with E-state index in [1.165, 1.54) is 6.07 Å². The molecule has 0 bridgehead atoms. The zero-order valence-corrected chi connectivity index (χ0v) is 10.5. The number of halogens is 1. The summed E-state index contributed by atoms with van der Waals surface area (Å²) in [6, 6.07) is 8.16. The molecule has 2 rings (SSSR count). The summed E-state index contributed by atoms with van der Waals surface area (Å²) in [4.78, 5) is 3.81. The van der Waals surface area contributed by atoms with Crippen molar-refractivity contribution in [3.05, 3.63) is 47.9 Å². The molecule has 0 aliphatic rings. The Labute approximate surface area is 110 Å². The van der Waals surface area contributed by atoms with Crippen LogP contribution in [-0.4, -0.2) is 16.7 Å². The summed E-state index contributed by atoms with van der Waals surface area (Å²) in [5.41, 5.74) is 0.300. The molecule has 0 atom stereocenters. The van der Waals surface area contributed by atoms with Crippen LogP contribution in [0.2, 0.25) is 0 Å². The lowest BCUT2D eigenvalue weighted by molar-refractivity contribution is 0.274. The lowest BCUT2D eigenvalue weighted by atomic mass is 10.3. The summed E-state index contributed by atoms with van der Waals surface area (Å²) >= 11 is 0. The molecule has 19 heavy (non-hydrogen) atoms. The minimum Gasteiger partial charge on any atom is -0.494 e. The number of rotatable bonds is 5. The Bertz CT molecular complexity index is 543. The minimum atomic E-state index is -0.511. The number of ether oxygens (including phenoxy) is 2. The number of benzene rings is 1. The van der Waals surface area contributed by atoms with Gasteiger partial charge in [-0.05, 0) is 37.3 Å². The van der Waals surface area contributed by atoms with Gasteiger partial charge < -0.3 is 14.6 Å². The first-order chi connectivity index (χ1) is 9.22. The van der Waals surface area contributed by atoms with Gasteiger partial charge in [-0.25, -0.2) is 9.37 Å². The molecule has 0 aliphatic carbocycles. The van der Waals surface area contributed by atoms with E-state index in [1.54, 1.807) is 24.3 Å². The van der Waals surface area contributed by atoms with Crippen molar-refractivity contribution in [2.45, 2.75) is 13.5 Å². The van der Waals surface area contributed by atoms with E-state index < -0.39 is 5.82 Å². The van der Waals surface area contributed by atoms with Crippen LogP contribution in [0.1, 0.15) is 12.5 Å². The van der Waals surface area contributed by atoms with Crippen LogP contribution in [0.4, 0.5) is 4.39 Å². The third-order valence-corrected chi connectivity index (χ3v) is 2.41. The largest absolute Gasteiger partial charge is 0.494 e. The molecule has 1 heterocycles. The second kappa shape index (κ2) is 6.15. The standard InChI is InChI=1S/C14H14FNO3/c1-2-18-12-3-5-13(6-4-12)19-14-10(9-17)7-11(15)8-16-14/h3-8,17H,2,9H2,1H3. The number of pyridine rings is 1. The third-order valence-electron chi connectivity index (χ3n) is 2.41. The molecule has 2 aromatic rings. The van der Waals surface area contributed by atoms with E-state index in [2.05, 4.69) is 4.98 Å². The van der Waals surface area contributed by atoms with Gasteiger partial charge in [0.25, 0.3) is 0 Å². The van der Waals surface area contributed by atoms with E-state index in [0.717, 1.165) is 11.9 Å². The fraction of sp³-hybridized carbons (Fsp3) is 0.214. The van der Waals surface area contributed by atoms with Crippen molar-refractivity contribution in [1.29, 1.82) is 0 Å². The highest BCUT2D eigenvalue weighted by atomic mass is 19.1. The average molecular weight is 263 g/mol. The molecule has 0 saturated heterocycles. The topological polar surface area (TPSA) is 51.6 Å². The van der Waals surface area contributed by atoms with Gasteiger partial charge >= 0.3 is 0 Å². The molecular formula is C14H14FNO3. The molecule has 5 heteroatoms. The van der Waals surface area contributed by atoms with Crippen LogP contribution in [0.3, 0.4) is 0 Å². The highest BCUT2D eigenvalue weighted by molar-refractivity contribution is 5.35. The summed E-state index contributed by atoms with van der Waals surface area (Å²) < 4.78 is 23.8. The fourth-order valence-corrected chi connectivity index (χ4v) is 1.56. The number of hydrogen-bond acceptors (Lipinski definition) is 4. The van der Waals surface area contributed by atoms with Crippen LogP contribution in [-0.2, 0) is 6.61 Å². The van der Waals surface area contributed by atoms with E-state index in [0.29, 0.717) is 17.9 Å². The van der Waals surface area contributed by atoms with Gasteiger partial charge in [0.05, 0.1) is 19.4 Å². The molecular weight excluding hydrogens is 249 g/mol. The molecule has 0 aliphatic heterocycles. The number of hydrogen-bond donors (Lipinski definition) is 1. The third kappa shape index (κ3) is 3.42. The normalized spacial score (nSPS) is 10.3. The van der Waals surface area contributed by atoms with Crippen molar-refractivity contribution in [2.24, 2.45) is 0 Å². The first-order valence-electron chi connectivity index (χ1n) is 5.89. The molecule has 0 unspecified atom stereocenters. The van der Waals surface area contributed by atoms with Crippen LogP contribution in [0.5, 0.6) is 17.4 Å². The summed E-state index contributed by atoms with van der Waals surface area (Å²) in [5.74, 6) is 0.956. The Morgan fingerprint density at radius 2 is 1.89 bits per heavy atom. The number of aliphatic hydroxyl groups excluding tert-OH is 1. The fourth-order valence-electron chi connectivity index (χ4n) is 1.56. The van der Waals surface area contributed by atoms with Crippen molar-refractivity contribution in [1.82, 2.24) is 4.98 Å². The molecule has 4 nitrogen and oxygen atoms in total. The van der Waals surface area contributed by atoms with Gasteiger partial charge in [-0.15, -0.1) is 0 Å². The number of aliphatic hydroxyl groups is 1.